The molecule has 1 nitrogen and oxygen atoms in total. The Bertz CT molecular complexity index is 621. The lowest BCUT2D eigenvalue weighted by Gasteiger charge is -2.05. The number of Topliss-reactive ketones (excluding diaryl/α,β-unsaturated/α-hetero) is 1. The largest absolute Gasteiger partial charge is 0.294 e. The van der Waals surface area contributed by atoms with Crippen molar-refractivity contribution in [3.8, 4) is 0 Å². The number of ketones is 1. The van der Waals surface area contributed by atoms with Crippen molar-refractivity contribution in [1.29, 1.82) is 0 Å². The Balaban J connectivity index is 2.25. The van der Waals surface area contributed by atoms with Crippen molar-refractivity contribution in [2.45, 2.75) is 13.3 Å². The highest BCUT2D eigenvalue weighted by Crippen LogP contribution is 2.17. The molecule has 2 rings (SSSR count). The molecule has 0 aliphatic rings. The number of rotatable bonds is 3. The Morgan fingerprint density at radius 3 is 2.37 bits per heavy atom. The summed E-state index contributed by atoms with van der Waals surface area (Å²) in [4.78, 5) is 12.0. The molecule has 0 aliphatic carbocycles. The van der Waals surface area contributed by atoms with Gasteiger partial charge in [0.15, 0.2) is 5.78 Å². The van der Waals surface area contributed by atoms with Crippen molar-refractivity contribution in [2.24, 2.45) is 0 Å². The number of aryl methyl sites for hydroxylation is 1. The second-order valence-corrected chi connectivity index (χ2v) is 4.74. The van der Waals surface area contributed by atoms with Crippen LogP contribution in [-0.4, -0.2) is 5.78 Å². The van der Waals surface area contributed by atoms with Crippen LogP contribution in [0.15, 0.2) is 36.4 Å². The molecular formula is C15H11ClF2O. The van der Waals surface area contributed by atoms with Gasteiger partial charge < -0.3 is 0 Å². The van der Waals surface area contributed by atoms with Crippen LogP contribution in [0, 0.1) is 18.6 Å². The van der Waals surface area contributed by atoms with E-state index in [1.807, 2.05) is 0 Å². The quantitative estimate of drug-likeness (QED) is 0.764. The smallest absolute Gasteiger partial charge is 0.170 e. The van der Waals surface area contributed by atoms with Crippen LogP contribution in [0.4, 0.5) is 8.78 Å². The fraction of sp³-hybridized carbons (Fsp3) is 0.133. The Kier molecular flexibility index (Phi) is 3.96. The fourth-order valence-electron chi connectivity index (χ4n) is 1.75. The Morgan fingerprint density at radius 1 is 1.11 bits per heavy atom. The van der Waals surface area contributed by atoms with Crippen LogP contribution < -0.4 is 0 Å². The van der Waals surface area contributed by atoms with Crippen LogP contribution in [0.5, 0.6) is 0 Å². The van der Waals surface area contributed by atoms with E-state index in [1.54, 1.807) is 24.3 Å². The second-order valence-electron chi connectivity index (χ2n) is 4.31. The van der Waals surface area contributed by atoms with Gasteiger partial charge in [0.05, 0.1) is 5.56 Å². The van der Waals surface area contributed by atoms with Crippen LogP contribution in [0.2, 0.25) is 5.02 Å². The van der Waals surface area contributed by atoms with E-state index in [-0.39, 0.29) is 23.3 Å². The van der Waals surface area contributed by atoms with Crippen molar-refractivity contribution < 1.29 is 13.6 Å². The van der Waals surface area contributed by atoms with Crippen LogP contribution in [-0.2, 0) is 6.42 Å². The summed E-state index contributed by atoms with van der Waals surface area (Å²) >= 11 is 5.74. The van der Waals surface area contributed by atoms with Gasteiger partial charge in [-0.1, -0.05) is 23.7 Å². The van der Waals surface area contributed by atoms with Crippen molar-refractivity contribution in [3.63, 3.8) is 0 Å². The first-order valence-electron chi connectivity index (χ1n) is 5.70. The first-order chi connectivity index (χ1) is 8.97. The van der Waals surface area contributed by atoms with E-state index in [4.69, 9.17) is 11.6 Å². The highest BCUT2D eigenvalue weighted by atomic mass is 35.5. The molecule has 0 bridgehead atoms. The molecule has 4 heteroatoms. The Hall–Kier alpha value is -1.74. The van der Waals surface area contributed by atoms with Gasteiger partial charge in [0, 0.05) is 17.5 Å². The summed E-state index contributed by atoms with van der Waals surface area (Å²) in [6, 6.07) is 8.71. The molecule has 0 spiro atoms. The Labute approximate surface area is 114 Å². The van der Waals surface area contributed by atoms with Crippen molar-refractivity contribution in [3.05, 3.63) is 69.7 Å². The summed E-state index contributed by atoms with van der Waals surface area (Å²) in [7, 11) is 0. The normalized spacial score (nSPS) is 10.5. The highest BCUT2D eigenvalue weighted by Gasteiger charge is 2.15. The zero-order chi connectivity index (χ0) is 14.0. The maximum Gasteiger partial charge on any atom is 0.170 e. The van der Waals surface area contributed by atoms with Crippen LogP contribution >= 0.6 is 11.6 Å². The van der Waals surface area contributed by atoms with Crippen molar-refractivity contribution in [2.75, 3.05) is 0 Å². The van der Waals surface area contributed by atoms with E-state index < -0.39 is 11.6 Å². The average Bonchev–Trinajstić information content (AvgIpc) is 2.36. The molecule has 19 heavy (non-hydrogen) atoms. The lowest BCUT2D eigenvalue weighted by molar-refractivity contribution is 0.0989. The molecule has 98 valence electrons. The fourth-order valence-corrected chi connectivity index (χ4v) is 1.88. The number of halogens is 3. The minimum atomic E-state index is -0.831. The van der Waals surface area contributed by atoms with Gasteiger partial charge in [-0.05, 0) is 36.2 Å². The zero-order valence-corrected chi connectivity index (χ0v) is 11.0. The van der Waals surface area contributed by atoms with E-state index in [2.05, 4.69) is 0 Å². The summed E-state index contributed by atoms with van der Waals surface area (Å²) in [5.41, 5.74) is 0.894. The van der Waals surface area contributed by atoms with Gasteiger partial charge in [-0.25, -0.2) is 8.78 Å². The summed E-state index contributed by atoms with van der Waals surface area (Å²) in [5, 5.41) is 0.569. The molecule has 0 atom stereocenters. The number of benzene rings is 2. The van der Waals surface area contributed by atoms with E-state index in [9.17, 15) is 13.6 Å². The van der Waals surface area contributed by atoms with Gasteiger partial charge in [0.1, 0.15) is 11.6 Å². The molecule has 2 aromatic rings. The topological polar surface area (TPSA) is 17.1 Å². The van der Waals surface area contributed by atoms with Gasteiger partial charge >= 0.3 is 0 Å². The maximum atomic E-state index is 13.6. The minimum Gasteiger partial charge on any atom is -0.294 e. The first-order valence-corrected chi connectivity index (χ1v) is 6.08. The SMILES string of the molecule is Cc1cc(C(=O)Cc2ccc(Cl)cc2)c(F)cc1F. The number of carbonyl (C=O) groups is 1. The van der Waals surface area contributed by atoms with Crippen LogP contribution in [0.3, 0.4) is 0 Å². The molecular weight excluding hydrogens is 270 g/mol. The van der Waals surface area contributed by atoms with Crippen molar-refractivity contribution >= 4 is 17.4 Å². The van der Waals surface area contributed by atoms with Crippen molar-refractivity contribution in [1.82, 2.24) is 0 Å². The van der Waals surface area contributed by atoms with Gasteiger partial charge in [-0.2, -0.15) is 0 Å². The first kappa shape index (κ1) is 13.7. The van der Waals surface area contributed by atoms with Gasteiger partial charge in [-0.15, -0.1) is 0 Å². The molecule has 0 aliphatic heterocycles. The lowest BCUT2D eigenvalue weighted by atomic mass is 10.0. The van der Waals surface area contributed by atoms with Gasteiger partial charge in [-0.3, -0.25) is 4.79 Å². The van der Waals surface area contributed by atoms with E-state index in [0.29, 0.717) is 5.02 Å². The van der Waals surface area contributed by atoms with Gasteiger partial charge in [0.2, 0.25) is 0 Å². The predicted molar refractivity (Wildman–Crippen MR) is 70.6 cm³/mol. The van der Waals surface area contributed by atoms with Crippen LogP contribution in [0.25, 0.3) is 0 Å². The number of carbonyl (C=O) groups excluding carboxylic acids is 1. The molecule has 2 aromatic carbocycles. The maximum absolute atomic E-state index is 13.6. The molecule has 0 saturated carbocycles. The monoisotopic (exact) mass is 280 g/mol. The van der Waals surface area contributed by atoms with Gasteiger partial charge in [0.25, 0.3) is 0 Å². The molecule has 0 heterocycles. The highest BCUT2D eigenvalue weighted by molar-refractivity contribution is 6.30. The molecule has 0 N–H and O–H groups in total. The molecule has 0 aromatic heterocycles. The average molecular weight is 281 g/mol. The zero-order valence-electron chi connectivity index (χ0n) is 10.2. The molecule has 0 unspecified atom stereocenters. The number of hydrogen-bond donors (Lipinski definition) is 0. The molecule has 0 fully saturated rings. The van der Waals surface area contributed by atoms with E-state index in [0.717, 1.165) is 11.6 Å². The molecule has 0 radical (unpaired) electrons. The summed E-state index contributed by atoms with van der Waals surface area (Å²) in [6.45, 7) is 1.49. The predicted octanol–water partition coefficient (Wildman–Crippen LogP) is 4.35. The standard InChI is InChI=1S/C15H11ClF2O/c1-9-6-12(14(18)8-13(9)17)15(19)7-10-2-4-11(16)5-3-10/h2-6,8H,7H2,1H3. The third-order valence-electron chi connectivity index (χ3n) is 2.83. The summed E-state index contributed by atoms with van der Waals surface area (Å²) < 4.78 is 26.7. The lowest BCUT2D eigenvalue weighted by Crippen LogP contribution is -2.07. The summed E-state index contributed by atoms with van der Waals surface area (Å²) in [5.74, 6) is -1.87. The second kappa shape index (κ2) is 5.49. The van der Waals surface area contributed by atoms with Crippen LogP contribution in [0.1, 0.15) is 21.5 Å². The Morgan fingerprint density at radius 2 is 1.74 bits per heavy atom. The molecule has 0 saturated heterocycles. The third kappa shape index (κ3) is 3.18. The molecule has 0 amide bonds. The number of hydrogen-bond acceptors (Lipinski definition) is 1. The minimum absolute atomic E-state index is 0.0547. The van der Waals surface area contributed by atoms with E-state index >= 15 is 0 Å². The summed E-state index contributed by atoms with van der Waals surface area (Å²) in [6.07, 6.45) is 0.0547. The van der Waals surface area contributed by atoms with E-state index in [1.165, 1.54) is 13.0 Å². The third-order valence-corrected chi connectivity index (χ3v) is 3.08.